The van der Waals surface area contributed by atoms with Crippen LogP contribution >= 0.6 is 0 Å². The van der Waals surface area contributed by atoms with Crippen molar-refractivity contribution in [2.24, 2.45) is 16.3 Å². The number of morpholine rings is 1. The first kappa shape index (κ1) is 15.8. The zero-order valence-corrected chi connectivity index (χ0v) is 12.2. The summed E-state index contributed by atoms with van der Waals surface area (Å²) in [6.45, 7) is 8.64. The minimum Gasteiger partial charge on any atom is -0.409 e. The lowest BCUT2D eigenvalue weighted by Crippen LogP contribution is -2.58. The van der Waals surface area contributed by atoms with Crippen molar-refractivity contribution in [1.82, 2.24) is 4.90 Å². The van der Waals surface area contributed by atoms with Crippen molar-refractivity contribution in [2.75, 3.05) is 13.2 Å². The summed E-state index contributed by atoms with van der Waals surface area (Å²) < 4.78 is 5.59. The van der Waals surface area contributed by atoms with Crippen LogP contribution in [0.1, 0.15) is 40.5 Å². The van der Waals surface area contributed by atoms with Crippen molar-refractivity contribution >= 4 is 11.7 Å². The van der Waals surface area contributed by atoms with E-state index in [0.717, 1.165) is 6.42 Å². The van der Waals surface area contributed by atoms with Gasteiger partial charge in [0.1, 0.15) is 5.41 Å². The normalized spacial score (nSPS) is 28.0. The molecule has 0 bridgehead atoms. The third-order valence-corrected chi connectivity index (χ3v) is 4.05. The number of rotatable bonds is 4. The number of nitrogens with two attached hydrogens (primary N) is 1. The summed E-state index contributed by atoms with van der Waals surface area (Å²) in [6, 6.07) is 0.0565. The topological polar surface area (TPSA) is 88.2 Å². The Labute approximate surface area is 114 Å². The fourth-order valence-corrected chi connectivity index (χ4v) is 2.30. The van der Waals surface area contributed by atoms with Gasteiger partial charge in [0.05, 0.1) is 18.8 Å². The Morgan fingerprint density at radius 3 is 2.68 bits per heavy atom. The van der Waals surface area contributed by atoms with Gasteiger partial charge in [0.15, 0.2) is 5.84 Å². The van der Waals surface area contributed by atoms with Crippen LogP contribution in [0.15, 0.2) is 5.16 Å². The number of hydrogen-bond donors (Lipinski definition) is 2. The highest BCUT2D eigenvalue weighted by Gasteiger charge is 2.43. The Hall–Kier alpha value is -1.30. The van der Waals surface area contributed by atoms with E-state index in [0.29, 0.717) is 19.6 Å². The first-order chi connectivity index (χ1) is 8.90. The standard InChI is InChI=1S/C13H25N3O3/c1-5-10-8-19-9(3)7-16(10)12(17)13(4,6-2)11(14)15-18/h9-10,18H,5-8H2,1-4H3,(H2,14,15). The van der Waals surface area contributed by atoms with Crippen molar-refractivity contribution < 1.29 is 14.7 Å². The Balaban J connectivity index is 3.01. The zero-order valence-electron chi connectivity index (χ0n) is 12.2. The first-order valence-electron chi connectivity index (χ1n) is 6.81. The molecule has 1 amide bonds. The molecular formula is C13H25N3O3. The number of oxime groups is 1. The van der Waals surface area contributed by atoms with E-state index >= 15 is 0 Å². The van der Waals surface area contributed by atoms with Gasteiger partial charge in [-0.25, -0.2) is 0 Å². The predicted molar refractivity (Wildman–Crippen MR) is 73.0 cm³/mol. The summed E-state index contributed by atoms with van der Waals surface area (Å²) >= 11 is 0. The fraction of sp³-hybridized carbons (Fsp3) is 0.846. The van der Waals surface area contributed by atoms with Crippen LogP contribution in [0.5, 0.6) is 0 Å². The second kappa shape index (κ2) is 6.23. The monoisotopic (exact) mass is 271 g/mol. The molecule has 3 N–H and O–H groups in total. The molecule has 0 aromatic carbocycles. The summed E-state index contributed by atoms with van der Waals surface area (Å²) in [6.07, 6.45) is 1.33. The lowest BCUT2D eigenvalue weighted by atomic mass is 9.83. The third-order valence-electron chi connectivity index (χ3n) is 4.05. The maximum absolute atomic E-state index is 12.8. The molecule has 1 aliphatic heterocycles. The summed E-state index contributed by atoms with van der Waals surface area (Å²) in [5.41, 5.74) is 4.75. The van der Waals surface area contributed by atoms with Crippen molar-refractivity contribution in [3.8, 4) is 0 Å². The Morgan fingerprint density at radius 1 is 1.58 bits per heavy atom. The fourth-order valence-electron chi connectivity index (χ4n) is 2.30. The zero-order chi connectivity index (χ0) is 14.6. The molecule has 0 aromatic heterocycles. The highest BCUT2D eigenvalue weighted by Crippen LogP contribution is 2.28. The number of hydrogen-bond acceptors (Lipinski definition) is 4. The van der Waals surface area contributed by atoms with E-state index in [1.165, 1.54) is 0 Å². The predicted octanol–water partition coefficient (Wildman–Crippen LogP) is 1.17. The highest BCUT2D eigenvalue weighted by atomic mass is 16.5. The van der Waals surface area contributed by atoms with Gasteiger partial charge in [-0.3, -0.25) is 4.79 Å². The third kappa shape index (κ3) is 3.00. The van der Waals surface area contributed by atoms with Crippen LogP contribution in [0.3, 0.4) is 0 Å². The molecule has 1 aliphatic rings. The average molecular weight is 271 g/mol. The maximum atomic E-state index is 12.8. The van der Waals surface area contributed by atoms with Crippen molar-refractivity contribution in [2.45, 2.75) is 52.7 Å². The van der Waals surface area contributed by atoms with Crippen molar-refractivity contribution in [1.29, 1.82) is 0 Å². The molecular weight excluding hydrogens is 246 g/mol. The Morgan fingerprint density at radius 2 is 2.21 bits per heavy atom. The van der Waals surface area contributed by atoms with Gasteiger partial charge < -0.3 is 20.6 Å². The van der Waals surface area contributed by atoms with Gasteiger partial charge in [-0.15, -0.1) is 0 Å². The van der Waals surface area contributed by atoms with Gasteiger partial charge in [-0.1, -0.05) is 19.0 Å². The summed E-state index contributed by atoms with van der Waals surface area (Å²) in [4.78, 5) is 14.6. The van der Waals surface area contributed by atoms with Gasteiger partial charge in [0, 0.05) is 6.54 Å². The molecule has 1 fully saturated rings. The number of carbonyl (C=O) groups excluding carboxylic acids is 1. The molecule has 0 saturated carbocycles. The van der Waals surface area contributed by atoms with Crippen LogP contribution in [-0.2, 0) is 9.53 Å². The van der Waals surface area contributed by atoms with Crippen LogP contribution in [-0.4, -0.2) is 47.1 Å². The first-order valence-corrected chi connectivity index (χ1v) is 6.81. The Kier molecular flexibility index (Phi) is 5.17. The molecule has 1 saturated heterocycles. The molecule has 0 spiro atoms. The number of amidine groups is 1. The SMILES string of the molecule is CCC1COC(C)CN1C(=O)C(C)(CC)C(N)=NO. The number of nitrogens with zero attached hydrogens (tertiary/aromatic N) is 2. The lowest BCUT2D eigenvalue weighted by molar-refractivity contribution is -0.151. The molecule has 0 aliphatic carbocycles. The van der Waals surface area contributed by atoms with E-state index in [1.807, 2.05) is 25.7 Å². The van der Waals surface area contributed by atoms with Gasteiger partial charge >= 0.3 is 0 Å². The van der Waals surface area contributed by atoms with Crippen LogP contribution in [0.2, 0.25) is 0 Å². The minimum atomic E-state index is -0.959. The second-order valence-corrected chi connectivity index (χ2v) is 5.33. The van der Waals surface area contributed by atoms with Crippen LogP contribution in [0, 0.1) is 5.41 Å². The largest absolute Gasteiger partial charge is 0.409 e. The number of amides is 1. The molecule has 0 aromatic rings. The van der Waals surface area contributed by atoms with Crippen molar-refractivity contribution in [3.63, 3.8) is 0 Å². The van der Waals surface area contributed by atoms with Gasteiger partial charge in [0.25, 0.3) is 0 Å². The molecule has 0 radical (unpaired) electrons. The maximum Gasteiger partial charge on any atom is 0.236 e. The molecule has 1 rings (SSSR count). The summed E-state index contributed by atoms with van der Waals surface area (Å²) in [5.74, 6) is -0.124. The van der Waals surface area contributed by atoms with E-state index < -0.39 is 5.41 Å². The Bertz CT molecular complexity index is 359. The van der Waals surface area contributed by atoms with E-state index in [9.17, 15) is 4.79 Å². The van der Waals surface area contributed by atoms with Gasteiger partial charge in [-0.2, -0.15) is 0 Å². The van der Waals surface area contributed by atoms with Crippen LogP contribution in [0.25, 0.3) is 0 Å². The van der Waals surface area contributed by atoms with E-state index in [-0.39, 0.29) is 23.9 Å². The quantitative estimate of drug-likeness (QED) is 0.348. The second-order valence-electron chi connectivity index (χ2n) is 5.33. The molecule has 6 nitrogen and oxygen atoms in total. The van der Waals surface area contributed by atoms with E-state index in [1.54, 1.807) is 6.92 Å². The number of carbonyl (C=O) groups is 1. The average Bonchev–Trinajstić information content (AvgIpc) is 2.44. The van der Waals surface area contributed by atoms with Crippen molar-refractivity contribution in [3.05, 3.63) is 0 Å². The highest BCUT2D eigenvalue weighted by molar-refractivity contribution is 6.06. The molecule has 19 heavy (non-hydrogen) atoms. The molecule has 110 valence electrons. The van der Waals surface area contributed by atoms with Crippen LogP contribution in [0.4, 0.5) is 0 Å². The van der Waals surface area contributed by atoms with E-state index in [2.05, 4.69) is 5.16 Å². The smallest absolute Gasteiger partial charge is 0.236 e. The van der Waals surface area contributed by atoms with Gasteiger partial charge in [0.2, 0.25) is 5.91 Å². The molecule has 3 unspecified atom stereocenters. The number of ether oxygens (including phenoxy) is 1. The molecule has 1 heterocycles. The van der Waals surface area contributed by atoms with Crippen LogP contribution < -0.4 is 5.73 Å². The summed E-state index contributed by atoms with van der Waals surface area (Å²) in [7, 11) is 0. The lowest BCUT2D eigenvalue weighted by Gasteiger charge is -2.42. The van der Waals surface area contributed by atoms with Gasteiger partial charge in [-0.05, 0) is 26.7 Å². The minimum absolute atomic E-state index is 0.0140. The molecule has 3 atom stereocenters. The molecule has 6 heteroatoms. The summed E-state index contributed by atoms with van der Waals surface area (Å²) in [5, 5.41) is 11.9. The van der Waals surface area contributed by atoms with E-state index in [4.69, 9.17) is 15.7 Å².